The molecule has 0 saturated heterocycles. The predicted molar refractivity (Wildman–Crippen MR) is 92.6 cm³/mol. The van der Waals surface area contributed by atoms with E-state index in [2.05, 4.69) is 10.6 Å². The fourth-order valence-electron chi connectivity index (χ4n) is 2.00. The van der Waals surface area contributed by atoms with Crippen LogP contribution in [0.25, 0.3) is 0 Å². The lowest BCUT2D eigenvalue weighted by Gasteiger charge is -2.17. The first kappa shape index (κ1) is 20.5. The van der Waals surface area contributed by atoms with Crippen molar-refractivity contribution in [3.63, 3.8) is 0 Å². The van der Waals surface area contributed by atoms with Gasteiger partial charge >= 0.3 is 12.1 Å². The molecule has 1 rings (SSSR count). The molecule has 1 atom stereocenters. The first-order chi connectivity index (χ1) is 11.9. The van der Waals surface area contributed by atoms with Crippen molar-refractivity contribution in [2.24, 2.45) is 5.92 Å². The van der Waals surface area contributed by atoms with Gasteiger partial charge in [-0.1, -0.05) is 44.2 Å². The van der Waals surface area contributed by atoms with E-state index in [0.29, 0.717) is 19.4 Å². The number of hydrogen-bond donors (Lipinski definition) is 2. The summed E-state index contributed by atoms with van der Waals surface area (Å²) in [6.07, 6.45) is 0.340. The Kier molecular flexibility index (Phi) is 9.06. The Labute approximate surface area is 148 Å². The topological polar surface area (TPSA) is 93.7 Å². The summed E-state index contributed by atoms with van der Waals surface area (Å²) in [7, 11) is 1.27. The van der Waals surface area contributed by atoms with E-state index in [4.69, 9.17) is 9.47 Å². The molecule has 0 aliphatic rings. The Bertz CT molecular complexity index is 560. The van der Waals surface area contributed by atoms with Gasteiger partial charge in [0.2, 0.25) is 5.91 Å². The van der Waals surface area contributed by atoms with E-state index in [0.717, 1.165) is 5.56 Å². The van der Waals surface area contributed by atoms with Crippen molar-refractivity contribution in [1.29, 1.82) is 0 Å². The third-order valence-electron chi connectivity index (χ3n) is 3.48. The smallest absolute Gasteiger partial charge is 0.407 e. The highest BCUT2D eigenvalue weighted by molar-refractivity contribution is 5.85. The summed E-state index contributed by atoms with van der Waals surface area (Å²) in [5.41, 5.74) is 0.903. The number of benzene rings is 1. The molecule has 0 saturated carbocycles. The highest BCUT2D eigenvalue weighted by atomic mass is 16.5. The molecule has 0 aliphatic carbocycles. The minimum absolute atomic E-state index is 0.196. The minimum Gasteiger partial charge on any atom is -0.467 e. The largest absolute Gasteiger partial charge is 0.467 e. The molecule has 0 heterocycles. The molecule has 0 spiro atoms. The molecule has 1 aromatic rings. The number of rotatable bonds is 9. The Balaban J connectivity index is 2.29. The molecule has 0 aliphatic heterocycles. The van der Waals surface area contributed by atoms with Crippen molar-refractivity contribution in [3.05, 3.63) is 35.9 Å². The van der Waals surface area contributed by atoms with Gasteiger partial charge in [0, 0.05) is 12.5 Å². The lowest BCUT2D eigenvalue weighted by atomic mass is 10.1. The number of alkyl carbamates (subject to hydrolysis) is 1. The van der Waals surface area contributed by atoms with Crippen LogP contribution in [0.4, 0.5) is 4.79 Å². The van der Waals surface area contributed by atoms with Crippen LogP contribution in [0.5, 0.6) is 0 Å². The lowest BCUT2D eigenvalue weighted by molar-refractivity contribution is -0.145. The third-order valence-corrected chi connectivity index (χ3v) is 3.48. The van der Waals surface area contributed by atoms with Gasteiger partial charge in [-0.15, -0.1) is 0 Å². The SMILES string of the molecule is COC(=O)[C@H](CCCNC(=O)OCc1ccccc1)NC(=O)C(C)C. The monoisotopic (exact) mass is 350 g/mol. The second kappa shape index (κ2) is 11.1. The lowest BCUT2D eigenvalue weighted by Crippen LogP contribution is -2.43. The summed E-state index contributed by atoms with van der Waals surface area (Å²) in [6, 6.07) is 8.64. The summed E-state index contributed by atoms with van der Waals surface area (Å²) in [4.78, 5) is 35.1. The van der Waals surface area contributed by atoms with Crippen LogP contribution in [0.2, 0.25) is 0 Å². The first-order valence-corrected chi connectivity index (χ1v) is 8.26. The van der Waals surface area contributed by atoms with Gasteiger partial charge < -0.3 is 20.1 Å². The minimum atomic E-state index is -0.720. The standard InChI is InChI=1S/C18H26N2O5/c1-13(2)16(21)20-15(17(22)24-3)10-7-11-19-18(23)25-12-14-8-5-4-6-9-14/h4-6,8-9,13,15H,7,10-12H2,1-3H3,(H,19,23)(H,20,21)/t15-/m0/s1. The Morgan fingerprint density at radius 1 is 1.12 bits per heavy atom. The van der Waals surface area contributed by atoms with Crippen molar-refractivity contribution in [1.82, 2.24) is 10.6 Å². The van der Waals surface area contributed by atoms with Crippen LogP contribution >= 0.6 is 0 Å². The highest BCUT2D eigenvalue weighted by Gasteiger charge is 2.22. The van der Waals surface area contributed by atoms with E-state index in [1.807, 2.05) is 30.3 Å². The number of ether oxygens (including phenoxy) is 2. The highest BCUT2D eigenvalue weighted by Crippen LogP contribution is 2.03. The zero-order valence-electron chi connectivity index (χ0n) is 14.9. The molecule has 2 N–H and O–H groups in total. The molecule has 2 amide bonds. The maximum Gasteiger partial charge on any atom is 0.407 e. The maximum atomic E-state index is 11.7. The van der Waals surface area contributed by atoms with Crippen LogP contribution in [0.3, 0.4) is 0 Å². The van der Waals surface area contributed by atoms with E-state index in [1.165, 1.54) is 7.11 Å². The van der Waals surface area contributed by atoms with Gasteiger partial charge in [0.05, 0.1) is 7.11 Å². The van der Waals surface area contributed by atoms with Crippen molar-refractivity contribution in [2.75, 3.05) is 13.7 Å². The number of amides is 2. The maximum absolute atomic E-state index is 11.7. The fraction of sp³-hybridized carbons (Fsp3) is 0.500. The van der Waals surface area contributed by atoms with Gasteiger partial charge in [0.1, 0.15) is 12.6 Å². The number of carbonyl (C=O) groups is 3. The molecule has 0 aromatic heterocycles. The zero-order chi connectivity index (χ0) is 18.7. The Hall–Kier alpha value is -2.57. The molecule has 25 heavy (non-hydrogen) atoms. The van der Waals surface area contributed by atoms with E-state index in [9.17, 15) is 14.4 Å². The number of methoxy groups -OCH3 is 1. The van der Waals surface area contributed by atoms with Gasteiger partial charge in [-0.3, -0.25) is 4.79 Å². The van der Waals surface area contributed by atoms with Crippen LogP contribution < -0.4 is 10.6 Å². The molecule has 0 unspecified atom stereocenters. The summed E-state index contributed by atoms with van der Waals surface area (Å²) < 4.78 is 9.78. The average molecular weight is 350 g/mol. The van der Waals surface area contributed by atoms with Crippen LogP contribution in [0, 0.1) is 5.92 Å². The number of nitrogens with one attached hydrogen (secondary N) is 2. The van der Waals surface area contributed by atoms with E-state index in [-0.39, 0.29) is 18.4 Å². The molecular weight excluding hydrogens is 324 g/mol. The van der Waals surface area contributed by atoms with E-state index < -0.39 is 18.1 Å². The van der Waals surface area contributed by atoms with Crippen molar-refractivity contribution in [2.45, 2.75) is 39.3 Å². The predicted octanol–water partition coefficient (Wildman–Crippen LogP) is 2.01. The first-order valence-electron chi connectivity index (χ1n) is 8.26. The second-order valence-electron chi connectivity index (χ2n) is 5.87. The molecule has 1 aromatic carbocycles. The van der Waals surface area contributed by atoms with E-state index >= 15 is 0 Å². The van der Waals surface area contributed by atoms with Crippen LogP contribution in [-0.4, -0.2) is 37.7 Å². The second-order valence-corrected chi connectivity index (χ2v) is 5.87. The number of esters is 1. The summed E-state index contributed by atoms with van der Waals surface area (Å²) in [6.45, 7) is 4.02. The summed E-state index contributed by atoms with van der Waals surface area (Å²) in [5, 5.41) is 5.26. The van der Waals surface area contributed by atoms with Gasteiger partial charge in [-0.2, -0.15) is 0 Å². The third kappa shape index (κ3) is 8.19. The van der Waals surface area contributed by atoms with Crippen LogP contribution in [0.15, 0.2) is 30.3 Å². The average Bonchev–Trinajstić information content (AvgIpc) is 2.62. The van der Waals surface area contributed by atoms with Gasteiger partial charge in [0.25, 0.3) is 0 Å². The Morgan fingerprint density at radius 2 is 1.80 bits per heavy atom. The number of hydrogen-bond acceptors (Lipinski definition) is 5. The molecule has 7 heteroatoms. The van der Waals surface area contributed by atoms with Gasteiger partial charge in [-0.05, 0) is 18.4 Å². The van der Waals surface area contributed by atoms with Crippen molar-refractivity contribution < 1.29 is 23.9 Å². The normalized spacial score (nSPS) is 11.5. The van der Waals surface area contributed by atoms with Crippen LogP contribution in [0.1, 0.15) is 32.3 Å². The summed E-state index contributed by atoms with van der Waals surface area (Å²) in [5.74, 6) is -0.940. The molecule has 138 valence electrons. The molecule has 0 bridgehead atoms. The van der Waals surface area contributed by atoms with Crippen LogP contribution in [-0.2, 0) is 25.7 Å². The number of carbonyl (C=O) groups excluding carboxylic acids is 3. The Morgan fingerprint density at radius 3 is 2.40 bits per heavy atom. The summed E-state index contributed by atoms with van der Waals surface area (Å²) >= 11 is 0. The molecule has 0 fully saturated rings. The fourth-order valence-corrected chi connectivity index (χ4v) is 2.00. The quantitative estimate of drug-likeness (QED) is 0.525. The molecule has 7 nitrogen and oxygen atoms in total. The van der Waals surface area contributed by atoms with Crippen molar-refractivity contribution >= 4 is 18.0 Å². The van der Waals surface area contributed by atoms with E-state index in [1.54, 1.807) is 13.8 Å². The molecular formula is C18H26N2O5. The van der Waals surface area contributed by atoms with Crippen molar-refractivity contribution in [3.8, 4) is 0 Å². The van der Waals surface area contributed by atoms with Gasteiger partial charge in [-0.25, -0.2) is 9.59 Å². The van der Waals surface area contributed by atoms with Gasteiger partial charge in [0.15, 0.2) is 0 Å². The molecule has 0 radical (unpaired) electrons. The zero-order valence-corrected chi connectivity index (χ0v) is 14.9.